The highest BCUT2D eigenvalue weighted by atomic mass is 32.2. The Morgan fingerprint density at radius 1 is 1.05 bits per heavy atom. The Labute approximate surface area is 255 Å². The van der Waals surface area contributed by atoms with Gasteiger partial charge in [0.05, 0.1) is 36.1 Å². The van der Waals surface area contributed by atoms with E-state index in [-0.39, 0.29) is 16.9 Å². The van der Waals surface area contributed by atoms with Crippen molar-refractivity contribution >= 4 is 38.3 Å². The van der Waals surface area contributed by atoms with Crippen LogP contribution in [0.25, 0.3) is 10.9 Å². The molecule has 5 rings (SSSR count). The van der Waals surface area contributed by atoms with Crippen molar-refractivity contribution in [3.8, 4) is 23.1 Å². The van der Waals surface area contributed by atoms with Gasteiger partial charge in [0.15, 0.2) is 27.2 Å². The van der Waals surface area contributed by atoms with Gasteiger partial charge in [0, 0.05) is 48.9 Å². The number of rotatable bonds is 10. The molecule has 2 aromatic heterocycles. The van der Waals surface area contributed by atoms with Crippen molar-refractivity contribution in [2.75, 3.05) is 55.5 Å². The molecule has 0 aliphatic carbocycles. The van der Waals surface area contributed by atoms with Crippen molar-refractivity contribution in [2.24, 2.45) is 0 Å². The van der Waals surface area contributed by atoms with Gasteiger partial charge in [-0.1, -0.05) is 32.0 Å². The molecule has 0 bridgehead atoms. The molecule has 44 heavy (non-hydrogen) atoms. The fourth-order valence-electron chi connectivity index (χ4n) is 4.55. The lowest BCUT2D eigenvalue weighted by molar-refractivity contribution is 0.240. The van der Waals surface area contributed by atoms with Crippen molar-refractivity contribution in [1.82, 2.24) is 20.0 Å². The van der Waals surface area contributed by atoms with E-state index in [1.54, 1.807) is 49.6 Å². The van der Waals surface area contributed by atoms with E-state index in [0.717, 1.165) is 13.0 Å². The van der Waals surface area contributed by atoms with E-state index in [2.05, 4.69) is 30.7 Å². The Balaban J connectivity index is 1.22. The van der Waals surface area contributed by atoms with Crippen LogP contribution in [0.15, 0.2) is 53.3 Å². The summed E-state index contributed by atoms with van der Waals surface area (Å²) in [5.41, 5.74) is 0.863. The van der Waals surface area contributed by atoms with Gasteiger partial charge in [0.25, 0.3) is 0 Å². The van der Waals surface area contributed by atoms with Crippen LogP contribution in [0, 0.1) is 0 Å². The first-order valence-corrected chi connectivity index (χ1v) is 16.0. The molecule has 13 nitrogen and oxygen atoms in total. The number of methoxy groups -OCH3 is 1. The highest BCUT2D eigenvalue weighted by Crippen LogP contribution is 2.36. The third-order valence-corrected chi connectivity index (χ3v) is 8.60. The largest absolute Gasteiger partial charge is 0.493 e. The van der Waals surface area contributed by atoms with E-state index in [9.17, 15) is 13.2 Å². The second-order valence-electron chi connectivity index (χ2n) is 11.4. The molecule has 0 atom stereocenters. The molecule has 14 heteroatoms. The Bertz CT molecular complexity index is 1720. The van der Waals surface area contributed by atoms with Gasteiger partial charge in [0.2, 0.25) is 5.88 Å². The number of urea groups is 1. The predicted molar refractivity (Wildman–Crippen MR) is 166 cm³/mol. The number of aromatic nitrogens is 3. The van der Waals surface area contributed by atoms with Crippen LogP contribution in [0.2, 0.25) is 0 Å². The molecule has 1 fully saturated rings. The number of nitrogens with one attached hydrogen (secondary N) is 2. The minimum absolute atomic E-state index is 0.203. The lowest BCUT2D eigenvalue weighted by Gasteiger charge is -2.26. The number of nitrogens with zero attached hydrogens (tertiary/aromatic N) is 4. The van der Waals surface area contributed by atoms with Gasteiger partial charge in [-0.15, -0.1) is 0 Å². The van der Waals surface area contributed by atoms with Crippen LogP contribution in [0.1, 0.15) is 33.0 Å². The highest BCUT2D eigenvalue weighted by Gasteiger charge is 2.22. The number of carbonyl (C=O) groups is 1. The summed E-state index contributed by atoms with van der Waals surface area (Å²) >= 11 is 0. The second-order valence-corrected chi connectivity index (χ2v) is 13.7. The van der Waals surface area contributed by atoms with Gasteiger partial charge in [0.1, 0.15) is 17.8 Å². The van der Waals surface area contributed by atoms with Crippen molar-refractivity contribution in [2.45, 2.75) is 32.6 Å². The Hall–Kier alpha value is -4.43. The zero-order valence-electron chi connectivity index (χ0n) is 25.1. The number of hydrogen-bond donors (Lipinski definition) is 2. The van der Waals surface area contributed by atoms with Crippen LogP contribution in [-0.4, -0.2) is 79.3 Å². The van der Waals surface area contributed by atoms with Crippen molar-refractivity contribution in [3.63, 3.8) is 0 Å². The summed E-state index contributed by atoms with van der Waals surface area (Å²) in [6.07, 6.45) is 2.13. The fraction of sp³-hybridized carbons (Fsp3) is 0.400. The first-order chi connectivity index (χ1) is 21.0. The molecule has 234 valence electrons. The Morgan fingerprint density at radius 2 is 1.84 bits per heavy atom. The molecule has 0 spiro atoms. The second kappa shape index (κ2) is 13.1. The van der Waals surface area contributed by atoms with Gasteiger partial charge in [-0.2, -0.15) is 0 Å². The number of ether oxygens (including phenoxy) is 3. The molecule has 2 N–H and O–H groups in total. The molecule has 3 heterocycles. The molecule has 1 saturated heterocycles. The van der Waals surface area contributed by atoms with E-state index in [0.29, 0.717) is 71.0 Å². The van der Waals surface area contributed by atoms with E-state index in [1.807, 2.05) is 20.8 Å². The zero-order valence-corrected chi connectivity index (χ0v) is 25.9. The number of amides is 2. The third-order valence-electron chi connectivity index (χ3n) is 6.99. The summed E-state index contributed by atoms with van der Waals surface area (Å²) in [4.78, 5) is 23.4. The normalized spacial score (nSPS) is 15.1. The molecule has 0 unspecified atom stereocenters. The van der Waals surface area contributed by atoms with E-state index < -0.39 is 15.9 Å². The molecule has 0 radical (unpaired) electrons. The van der Waals surface area contributed by atoms with Gasteiger partial charge < -0.3 is 29.0 Å². The predicted octanol–water partition coefficient (Wildman–Crippen LogP) is 4.86. The number of benzene rings is 2. The molecule has 2 amide bonds. The van der Waals surface area contributed by atoms with Gasteiger partial charge in [-0.3, -0.25) is 5.32 Å². The smallest absolute Gasteiger partial charge is 0.324 e. The number of anilines is 2. The minimum Gasteiger partial charge on any atom is -0.493 e. The summed E-state index contributed by atoms with van der Waals surface area (Å²) in [6.45, 7) is 8.25. The van der Waals surface area contributed by atoms with Crippen LogP contribution in [0.3, 0.4) is 0 Å². The molecule has 1 aliphatic heterocycles. The summed E-state index contributed by atoms with van der Waals surface area (Å²) < 4.78 is 46.3. The number of sulfone groups is 1. The van der Waals surface area contributed by atoms with Gasteiger partial charge >= 0.3 is 6.03 Å². The van der Waals surface area contributed by atoms with Crippen LogP contribution < -0.4 is 24.8 Å². The van der Waals surface area contributed by atoms with Crippen molar-refractivity contribution in [1.29, 1.82) is 0 Å². The topological polar surface area (TPSA) is 158 Å². The lowest BCUT2D eigenvalue weighted by Crippen LogP contribution is -2.40. The maximum absolute atomic E-state index is 12.6. The molecule has 0 saturated carbocycles. The standard InChI is InChI=1S/C30H36N6O7S/c1-30(2,3)26-18-27(35-43-26)34-29(37)33-20-7-5-8-21(15-20)42-28-22-16-24(40-4)25(17-23(22)31-19-32-28)41-12-6-9-36-10-13-44(38,39)14-11-36/h5,7-8,15-19H,6,9-14H2,1-4H3,(H2,33,34,35,37). The Morgan fingerprint density at radius 3 is 2.57 bits per heavy atom. The number of carbonyl (C=O) groups excluding carboxylic acids is 1. The molecular formula is C30H36N6O7S. The van der Waals surface area contributed by atoms with Gasteiger partial charge in [-0.05, 0) is 24.6 Å². The van der Waals surface area contributed by atoms with Gasteiger partial charge in [-0.25, -0.2) is 23.2 Å². The van der Waals surface area contributed by atoms with E-state index in [1.165, 1.54) is 6.33 Å². The fourth-order valence-corrected chi connectivity index (χ4v) is 5.83. The third kappa shape index (κ3) is 7.94. The average molecular weight is 625 g/mol. The molecule has 2 aromatic carbocycles. The molecule has 1 aliphatic rings. The van der Waals surface area contributed by atoms with Crippen molar-refractivity contribution < 1.29 is 31.9 Å². The summed E-state index contributed by atoms with van der Waals surface area (Å²) in [5.74, 6) is 3.15. The SMILES string of the molecule is COc1cc2c(Oc3cccc(NC(=O)Nc4cc(C(C)(C)C)on4)c3)ncnc2cc1OCCCN1CCS(=O)(=O)CC1. The molecule has 4 aromatic rings. The lowest BCUT2D eigenvalue weighted by atomic mass is 9.93. The first kappa shape index (κ1) is 31.0. The Kier molecular flexibility index (Phi) is 9.20. The first-order valence-electron chi connectivity index (χ1n) is 14.2. The maximum atomic E-state index is 12.6. The van der Waals surface area contributed by atoms with Crippen LogP contribution in [0.5, 0.6) is 23.1 Å². The summed E-state index contributed by atoms with van der Waals surface area (Å²) in [5, 5.41) is 9.95. The highest BCUT2D eigenvalue weighted by molar-refractivity contribution is 7.91. The maximum Gasteiger partial charge on any atom is 0.324 e. The van der Waals surface area contributed by atoms with E-state index >= 15 is 0 Å². The average Bonchev–Trinajstić information content (AvgIpc) is 3.45. The van der Waals surface area contributed by atoms with Crippen LogP contribution >= 0.6 is 0 Å². The summed E-state index contributed by atoms with van der Waals surface area (Å²) in [6, 6.07) is 11.6. The number of fused-ring (bicyclic) bond motifs is 1. The summed E-state index contributed by atoms with van der Waals surface area (Å²) in [7, 11) is -1.35. The quantitative estimate of drug-likeness (QED) is 0.232. The van der Waals surface area contributed by atoms with E-state index in [4.69, 9.17) is 18.7 Å². The minimum atomic E-state index is -2.90. The molecular weight excluding hydrogens is 588 g/mol. The zero-order chi connectivity index (χ0) is 31.3. The number of hydrogen-bond acceptors (Lipinski definition) is 11. The van der Waals surface area contributed by atoms with Crippen LogP contribution in [0.4, 0.5) is 16.3 Å². The van der Waals surface area contributed by atoms with Crippen LogP contribution in [-0.2, 0) is 15.3 Å². The van der Waals surface area contributed by atoms with Crippen molar-refractivity contribution in [3.05, 3.63) is 54.6 Å². The monoisotopic (exact) mass is 624 g/mol.